The Morgan fingerprint density at radius 3 is 2.58 bits per heavy atom. The Hall–Kier alpha value is -0.370. The van der Waals surface area contributed by atoms with Gasteiger partial charge >= 0.3 is 0 Å². The van der Waals surface area contributed by atoms with Crippen LogP contribution in [0.25, 0.3) is 0 Å². The third-order valence-electron chi connectivity index (χ3n) is 2.47. The summed E-state index contributed by atoms with van der Waals surface area (Å²) in [4.78, 5) is 11.5. The van der Waals surface area contributed by atoms with Crippen molar-refractivity contribution in [2.24, 2.45) is 0 Å². The number of nitrogens with zero attached hydrogens (tertiary/aromatic N) is 1. The van der Waals surface area contributed by atoms with E-state index in [9.17, 15) is 13.2 Å². The van der Waals surface area contributed by atoms with Gasteiger partial charge in [0.15, 0.2) is 0 Å². The fourth-order valence-corrected chi connectivity index (χ4v) is 2.72. The monoisotopic (exact) mass is 314 g/mol. The second-order valence-corrected chi connectivity index (χ2v) is 6.74. The SMILES string of the molecule is COCCCNC(=O)CN(C)S(=O)(=O)CCCCCl. The number of unbranched alkanes of at least 4 members (excludes halogenated alkanes) is 1. The van der Waals surface area contributed by atoms with Crippen LogP contribution in [0.2, 0.25) is 0 Å². The molecule has 1 amide bonds. The van der Waals surface area contributed by atoms with Gasteiger partial charge in [-0.3, -0.25) is 4.79 Å². The maximum atomic E-state index is 11.8. The predicted octanol–water partition coefficient (Wildman–Crippen LogP) is 0.420. The van der Waals surface area contributed by atoms with Crippen LogP contribution in [-0.4, -0.2) is 64.1 Å². The lowest BCUT2D eigenvalue weighted by Crippen LogP contribution is -2.39. The van der Waals surface area contributed by atoms with Crippen LogP contribution >= 0.6 is 11.6 Å². The summed E-state index contributed by atoms with van der Waals surface area (Å²) in [6, 6.07) is 0. The van der Waals surface area contributed by atoms with Crippen LogP contribution in [0.1, 0.15) is 19.3 Å². The number of methoxy groups -OCH3 is 1. The first-order chi connectivity index (χ1) is 8.94. The molecular weight excluding hydrogens is 292 g/mol. The summed E-state index contributed by atoms with van der Waals surface area (Å²) in [5.74, 6) is 0.159. The van der Waals surface area contributed by atoms with Crippen LogP contribution in [0, 0.1) is 0 Å². The molecule has 0 aliphatic heterocycles. The van der Waals surface area contributed by atoms with Gasteiger partial charge in [0.1, 0.15) is 0 Å². The summed E-state index contributed by atoms with van der Waals surface area (Å²) in [6.07, 6.45) is 1.86. The third kappa shape index (κ3) is 9.21. The van der Waals surface area contributed by atoms with Crippen LogP contribution in [-0.2, 0) is 19.6 Å². The largest absolute Gasteiger partial charge is 0.385 e. The Morgan fingerprint density at radius 1 is 1.32 bits per heavy atom. The first-order valence-corrected chi connectivity index (χ1v) is 8.34. The summed E-state index contributed by atoms with van der Waals surface area (Å²) in [7, 11) is -0.380. The number of halogens is 1. The summed E-state index contributed by atoms with van der Waals surface area (Å²) < 4.78 is 29.5. The van der Waals surface area contributed by atoms with Crippen molar-refractivity contribution in [2.75, 3.05) is 45.5 Å². The van der Waals surface area contributed by atoms with Crippen molar-refractivity contribution in [1.29, 1.82) is 0 Å². The second-order valence-electron chi connectivity index (χ2n) is 4.16. The molecule has 0 aromatic rings. The molecule has 0 saturated heterocycles. The minimum atomic E-state index is -3.37. The summed E-state index contributed by atoms with van der Waals surface area (Å²) >= 11 is 5.49. The Labute approximate surface area is 120 Å². The molecule has 19 heavy (non-hydrogen) atoms. The molecule has 0 aromatic heterocycles. The molecule has 6 nitrogen and oxygen atoms in total. The maximum absolute atomic E-state index is 11.8. The number of carbonyl (C=O) groups excluding carboxylic acids is 1. The quantitative estimate of drug-likeness (QED) is 0.443. The lowest BCUT2D eigenvalue weighted by atomic mass is 10.4. The first-order valence-electron chi connectivity index (χ1n) is 6.19. The third-order valence-corrected chi connectivity index (χ3v) is 4.63. The van der Waals surface area contributed by atoms with Gasteiger partial charge in [0, 0.05) is 33.2 Å². The minimum Gasteiger partial charge on any atom is -0.385 e. The molecule has 0 unspecified atom stereocenters. The topological polar surface area (TPSA) is 75.7 Å². The molecule has 0 aliphatic rings. The summed E-state index contributed by atoms with van der Waals surface area (Å²) in [6.45, 7) is 0.885. The molecule has 0 aliphatic carbocycles. The van der Waals surface area contributed by atoms with E-state index >= 15 is 0 Å². The van der Waals surface area contributed by atoms with Crippen LogP contribution < -0.4 is 5.32 Å². The standard InChI is InChI=1S/C11H23ClN2O4S/c1-14(19(16,17)9-4-3-6-12)10-11(15)13-7-5-8-18-2/h3-10H2,1-2H3,(H,13,15). The van der Waals surface area contributed by atoms with Crippen LogP contribution in [0.3, 0.4) is 0 Å². The number of likely N-dealkylation sites (N-methyl/N-ethyl adjacent to an activating group) is 1. The van der Waals surface area contributed by atoms with Crippen molar-refractivity contribution in [3.63, 3.8) is 0 Å². The van der Waals surface area contributed by atoms with E-state index < -0.39 is 10.0 Å². The Kier molecular flexibility index (Phi) is 10.2. The number of hydrogen-bond donors (Lipinski definition) is 1. The van der Waals surface area contributed by atoms with Gasteiger partial charge in [0.2, 0.25) is 15.9 Å². The Balaban J connectivity index is 3.99. The number of rotatable bonds is 11. The maximum Gasteiger partial charge on any atom is 0.235 e. The van der Waals surface area contributed by atoms with Gasteiger partial charge in [0.05, 0.1) is 12.3 Å². The molecule has 8 heteroatoms. The molecule has 0 atom stereocenters. The molecule has 114 valence electrons. The van der Waals surface area contributed by atoms with E-state index in [1.807, 2.05) is 0 Å². The lowest BCUT2D eigenvalue weighted by molar-refractivity contribution is -0.121. The fourth-order valence-electron chi connectivity index (χ4n) is 1.34. The van der Waals surface area contributed by atoms with Gasteiger partial charge in [-0.05, 0) is 19.3 Å². The molecule has 0 radical (unpaired) electrons. The second kappa shape index (κ2) is 10.4. The normalized spacial score (nSPS) is 11.8. The first kappa shape index (κ1) is 18.6. The molecule has 0 spiro atoms. The molecule has 0 fully saturated rings. The van der Waals surface area contributed by atoms with E-state index in [0.29, 0.717) is 38.3 Å². The minimum absolute atomic E-state index is 0.0210. The highest BCUT2D eigenvalue weighted by Gasteiger charge is 2.19. The van der Waals surface area contributed by atoms with E-state index in [1.165, 1.54) is 7.05 Å². The number of carbonyl (C=O) groups is 1. The van der Waals surface area contributed by atoms with Gasteiger partial charge in [0.25, 0.3) is 0 Å². The fraction of sp³-hybridized carbons (Fsp3) is 0.909. The highest BCUT2D eigenvalue weighted by molar-refractivity contribution is 7.89. The van der Waals surface area contributed by atoms with Gasteiger partial charge in [-0.2, -0.15) is 4.31 Å². The number of hydrogen-bond acceptors (Lipinski definition) is 4. The van der Waals surface area contributed by atoms with E-state index in [2.05, 4.69) is 5.32 Å². The van der Waals surface area contributed by atoms with Crippen molar-refractivity contribution in [2.45, 2.75) is 19.3 Å². The number of nitrogens with one attached hydrogen (secondary N) is 1. The van der Waals surface area contributed by atoms with Crippen LogP contribution in [0.5, 0.6) is 0 Å². The highest BCUT2D eigenvalue weighted by Crippen LogP contribution is 2.03. The average molecular weight is 315 g/mol. The number of sulfonamides is 1. The van der Waals surface area contributed by atoms with Gasteiger partial charge < -0.3 is 10.1 Å². The van der Waals surface area contributed by atoms with E-state index in [4.69, 9.17) is 16.3 Å². The average Bonchev–Trinajstić information content (AvgIpc) is 2.34. The number of ether oxygens (including phenoxy) is 1. The molecule has 1 N–H and O–H groups in total. The van der Waals surface area contributed by atoms with E-state index in [1.54, 1.807) is 7.11 Å². The Bertz CT molecular complexity index is 349. The van der Waals surface area contributed by atoms with Crippen molar-refractivity contribution in [3.05, 3.63) is 0 Å². The number of amides is 1. The molecule has 0 aromatic carbocycles. The van der Waals surface area contributed by atoms with Crippen LogP contribution in [0.4, 0.5) is 0 Å². The molecule has 0 saturated carbocycles. The smallest absolute Gasteiger partial charge is 0.235 e. The van der Waals surface area contributed by atoms with Crippen molar-refractivity contribution < 1.29 is 17.9 Å². The van der Waals surface area contributed by atoms with Gasteiger partial charge in [-0.25, -0.2) is 8.42 Å². The summed E-state index contributed by atoms with van der Waals surface area (Å²) in [5, 5.41) is 2.64. The zero-order valence-corrected chi connectivity index (χ0v) is 13.1. The predicted molar refractivity (Wildman–Crippen MR) is 75.9 cm³/mol. The summed E-state index contributed by atoms with van der Waals surface area (Å²) in [5.41, 5.74) is 0. The van der Waals surface area contributed by atoms with Crippen molar-refractivity contribution >= 4 is 27.5 Å². The van der Waals surface area contributed by atoms with Crippen LogP contribution in [0.15, 0.2) is 0 Å². The molecule has 0 bridgehead atoms. The molecule has 0 heterocycles. The Morgan fingerprint density at radius 2 is 2.00 bits per heavy atom. The lowest BCUT2D eigenvalue weighted by Gasteiger charge is -2.16. The zero-order chi connectivity index (χ0) is 14.7. The van der Waals surface area contributed by atoms with E-state index in [0.717, 1.165) is 4.31 Å². The van der Waals surface area contributed by atoms with Gasteiger partial charge in [-0.15, -0.1) is 11.6 Å². The van der Waals surface area contributed by atoms with Crippen molar-refractivity contribution in [3.8, 4) is 0 Å². The van der Waals surface area contributed by atoms with E-state index in [-0.39, 0.29) is 18.2 Å². The molecule has 0 rings (SSSR count). The molecular formula is C11H23ClN2O4S. The van der Waals surface area contributed by atoms with Gasteiger partial charge in [-0.1, -0.05) is 0 Å². The number of alkyl halides is 1. The highest BCUT2D eigenvalue weighted by atomic mass is 35.5. The zero-order valence-electron chi connectivity index (χ0n) is 11.5. The van der Waals surface area contributed by atoms with Crippen molar-refractivity contribution in [1.82, 2.24) is 9.62 Å².